The Morgan fingerprint density at radius 2 is 1.64 bits per heavy atom. The van der Waals surface area contributed by atoms with Crippen LogP contribution in [0.5, 0.6) is 5.75 Å². The van der Waals surface area contributed by atoms with E-state index in [4.69, 9.17) is 4.74 Å². The largest absolute Gasteiger partial charge is 0.485 e. The third-order valence-corrected chi connectivity index (χ3v) is 5.66. The predicted octanol–water partition coefficient (Wildman–Crippen LogP) is 3.94. The molecule has 0 N–H and O–H groups in total. The van der Waals surface area contributed by atoms with E-state index in [1.807, 2.05) is 19.1 Å². The van der Waals surface area contributed by atoms with E-state index in [-0.39, 0.29) is 36.0 Å². The monoisotopic (exact) mass is 377 g/mol. The van der Waals surface area contributed by atoms with Gasteiger partial charge in [0, 0.05) is 11.6 Å². The Balaban J connectivity index is 1.47. The van der Waals surface area contributed by atoms with E-state index in [0.29, 0.717) is 17.0 Å². The van der Waals surface area contributed by atoms with Gasteiger partial charge in [0.25, 0.3) is 0 Å². The van der Waals surface area contributed by atoms with Crippen LogP contribution in [0, 0.1) is 18.8 Å². The number of fused-ring (bicyclic) bond motifs is 1. The Labute approximate surface area is 164 Å². The van der Waals surface area contributed by atoms with Crippen LogP contribution in [0.2, 0.25) is 0 Å². The molecule has 5 heteroatoms. The van der Waals surface area contributed by atoms with Crippen molar-refractivity contribution in [2.24, 2.45) is 11.8 Å². The molecule has 144 valence electrons. The van der Waals surface area contributed by atoms with Crippen LogP contribution < -0.4 is 9.64 Å². The van der Waals surface area contributed by atoms with E-state index in [2.05, 4.69) is 0 Å². The molecule has 0 spiro atoms. The van der Waals surface area contributed by atoms with Crippen molar-refractivity contribution in [2.45, 2.75) is 32.6 Å². The Morgan fingerprint density at radius 1 is 1.00 bits per heavy atom. The molecule has 0 radical (unpaired) electrons. The summed E-state index contributed by atoms with van der Waals surface area (Å²) in [6, 6.07) is 14.2. The second-order valence-corrected chi connectivity index (χ2v) is 7.58. The van der Waals surface area contributed by atoms with Gasteiger partial charge in [-0.3, -0.25) is 14.4 Å². The van der Waals surface area contributed by atoms with Gasteiger partial charge in [0.15, 0.2) is 12.4 Å². The molecular formula is C23H23NO4. The summed E-state index contributed by atoms with van der Waals surface area (Å²) < 4.78 is 5.64. The van der Waals surface area contributed by atoms with Crippen LogP contribution in [0.25, 0.3) is 0 Å². The van der Waals surface area contributed by atoms with Gasteiger partial charge in [-0.2, -0.15) is 0 Å². The summed E-state index contributed by atoms with van der Waals surface area (Å²) >= 11 is 0. The minimum atomic E-state index is -0.186. The third kappa shape index (κ3) is 3.44. The summed E-state index contributed by atoms with van der Waals surface area (Å²) in [6.07, 6.45) is 3.57. The maximum absolute atomic E-state index is 12.8. The highest BCUT2D eigenvalue weighted by atomic mass is 16.5. The molecule has 1 saturated heterocycles. The van der Waals surface area contributed by atoms with Gasteiger partial charge in [-0.05, 0) is 31.9 Å². The van der Waals surface area contributed by atoms with E-state index in [9.17, 15) is 14.4 Å². The Morgan fingerprint density at radius 3 is 2.29 bits per heavy atom. The number of amides is 2. The number of anilines is 1. The Kier molecular flexibility index (Phi) is 4.99. The first-order valence-corrected chi connectivity index (χ1v) is 9.75. The van der Waals surface area contributed by atoms with Crippen LogP contribution in [0.3, 0.4) is 0 Å². The van der Waals surface area contributed by atoms with E-state index >= 15 is 0 Å². The van der Waals surface area contributed by atoms with Crippen LogP contribution >= 0.6 is 0 Å². The van der Waals surface area contributed by atoms with Crippen LogP contribution in [0.15, 0.2) is 48.5 Å². The first-order valence-electron chi connectivity index (χ1n) is 9.75. The molecule has 4 rings (SSSR count). The number of ether oxygens (including phenoxy) is 1. The van der Waals surface area contributed by atoms with Crippen molar-refractivity contribution < 1.29 is 19.1 Å². The normalized spacial score (nSPS) is 21.5. The van der Waals surface area contributed by atoms with Crippen molar-refractivity contribution in [3.05, 3.63) is 59.7 Å². The first kappa shape index (κ1) is 18.4. The maximum atomic E-state index is 12.8. The molecule has 0 aromatic heterocycles. The average Bonchev–Trinajstić information content (AvgIpc) is 2.98. The van der Waals surface area contributed by atoms with Crippen molar-refractivity contribution >= 4 is 23.3 Å². The molecule has 0 bridgehead atoms. The summed E-state index contributed by atoms with van der Waals surface area (Å²) in [4.78, 5) is 39.1. The summed E-state index contributed by atoms with van der Waals surface area (Å²) in [5.74, 6) is -0.244. The number of carbonyl (C=O) groups is 3. The number of imide groups is 1. The molecule has 2 fully saturated rings. The summed E-state index contributed by atoms with van der Waals surface area (Å²) in [6.45, 7) is 1.87. The maximum Gasteiger partial charge on any atom is 0.237 e. The molecule has 2 aromatic rings. The van der Waals surface area contributed by atoms with Crippen molar-refractivity contribution in [1.29, 1.82) is 0 Å². The molecule has 2 aliphatic rings. The fraction of sp³-hybridized carbons (Fsp3) is 0.348. The minimum Gasteiger partial charge on any atom is -0.485 e. The van der Waals surface area contributed by atoms with Crippen LogP contribution in [0.1, 0.15) is 41.6 Å². The number of Topliss-reactive ketones (excluding diaryl/α,β-unsaturated/α-hetero) is 1. The number of nitrogens with zero attached hydrogens (tertiary/aromatic N) is 1. The second kappa shape index (κ2) is 7.58. The van der Waals surface area contributed by atoms with Gasteiger partial charge in [-0.15, -0.1) is 0 Å². The molecule has 28 heavy (non-hydrogen) atoms. The van der Waals surface area contributed by atoms with Gasteiger partial charge < -0.3 is 4.74 Å². The van der Waals surface area contributed by atoms with Crippen molar-refractivity contribution in [3.63, 3.8) is 0 Å². The molecule has 5 nitrogen and oxygen atoms in total. The molecule has 1 aliphatic carbocycles. The van der Waals surface area contributed by atoms with E-state index in [1.165, 1.54) is 4.90 Å². The van der Waals surface area contributed by atoms with Crippen LogP contribution in [0.4, 0.5) is 5.69 Å². The topological polar surface area (TPSA) is 63.7 Å². The van der Waals surface area contributed by atoms with Crippen LogP contribution in [-0.2, 0) is 9.59 Å². The number of aryl methyl sites for hydroxylation is 1. The highest BCUT2D eigenvalue weighted by Gasteiger charge is 2.48. The number of hydrogen-bond donors (Lipinski definition) is 0. The average molecular weight is 377 g/mol. The third-order valence-electron chi connectivity index (χ3n) is 5.66. The van der Waals surface area contributed by atoms with Gasteiger partial charge in [0.2, 0.25) is 11.8 Å². The number of hydrogen-bond acceptors (Lipinski definition) is 4. The standard InChI is InChI=1S/C23H23NO4/c1-15-9-11-16(12-10-15)21(25)14-28-18-6-4-5-17(13-18)24-22(26)19-7-2-3-8-20(19)23(24)27/h4-6,9-13,19-20H,2-3,7-8,14H2,1H3/t19-,20+. The van der Waals surface area contributed by atoms with Crippen molar-refractivity contribution in [1.82, 2.24) is 0 Å². The zero-order chi connectivity index (χ0) is 19.7. The lowest BCUT2D eigenvalue weighted by atomic mass is 9.81. The zero-order valence-corrected chi connectivity index (χ0v) is 15.9. The zero-order valence-electron chi connectivity index (χ0n) is 15.9. The first-order chi connectivity index (χ1) is 13.5. The molecule has 1 heterocycles. The highest BCUT2D eigenvalue weighted by molar-refractivity contribution is 6.22. The smallest absolute Gasteiger partial charge is 0.237 e. The number of carbonyl (C=O) groups excluding carboxylic acids is 3. The van der Waals surface area contributed by atoms with Gasteiger partial charge >= 0.3 is 0 Å². The molecule has 1 aliphatic heterocycles. The second-order valence-electron chi connectivity index (χ2n) is 7.58. The molecule has 2 atom stereocenters. The van der Waals surface area contributed by atoms with Crippen LogP contribution in [-0.4, -0.2) is 24.2 Å². The highest BCUT2D eigenvalue weighted by Crippen LogP contribution is 2.40. The molecule has 0 unspecified atom stereocenters. The molecule has 2 aromatic carbocycles. The molecule has 2 amide bonds. The number of benzene rings is 2. The fourth-order valence-corrected chi connectivity index (χ4v) is 4.10. The number of ketones is 1. The summed E-state index contributed by atoms with van der Waals surface area (Å²) in [5.41, 5.74) is 2.20. The van der Waals surface area contributed by atoms with E-state index in [1.54, 1.807) is 36.4 Å². The van der Waals surface area contributed by atoms with E-state index in [0.717, 1.165) is 31.2 Å². The minimum absolute atomic E-state index is 0.0976. The summed E-state index contributed by atoms with van der Waals surface area (Å²) in [7, 11) is 0. The lowest BCUT2D eigenvalue weighted by molar-refractivity contribution is -0.122. The summed E-state index contributed by atoms with van der Waals surface area (Å²) in [5, 5.41) is 0. The number of rotatable bonds is 5. The Bertz CT molecular complexity index is 894. The molecular weight excluding hydrogens is 354 g/mol. The molecule has 1 saturated carbocycles. The lowest BCUT2D eigenvalue weighted by Crippen LogP contribution is -2.30. The van der Waals surface area contributed by atoms with E-state index < -0.39 is 0 Å². The lowest BCUT2D eigenvalue weighted by Gasteiger charge is -2.19. The van der Waals surface area contributed by atoms with Crippen molar-refractivity contribution in [3.8, 4) is 5.75 Å². The SMILES string of the molecule is Cc1ccc(C(=O)COc2cccc(N3C(=O)[C@H]4CCCC[C@H]4C3=O)c2)cc1. The van der Waals surface area contributed by atoms with Gasteiger partial charge in [-0.1, -0.05) is 48.7 Å². The fourth-order valence-electron chi connectivity index (χ4n) is 4.10. The quantitative estimate of drug-likeness (QED) is 0.585. The predicted molar refractivity (Wildman–Crippen MR) is 105 cm³/mol. The van der Waals surface area contributed by atoms with Crippen molar-refractivity contribution in [2.75, 3.05) is 11.5 Å². The van der Waals surface area contributed by atoms with Gasteiger partial charge in [0.05, 0.1) is 17.5 Å². The van der Waals surface area contributed by atoms with Gasteiger partial charge in [0.1, 0.15) is 5.75 Å². The van der Waals surface area contributed by atoms with Gasteiger partial charge in [-0.25, -0.2) is 4.90 Å². The Hall–Kier alpha value is -2.95.